The zero-order valence-corrected chi connectivity index (χ0v) is 11.6. The van der Waals surface area contributed by atoms with Gasteiger partial charge in [0.2, 0.25) is 5.76 Å². The van der Waals surface area contributed by atoms with E-state index in [1.54, 1.807) is 24.3 Å². The van der Waals surface area contributed by atoms with Crippen LogP contribution in [0.25, 0.3) is 0 Å². The van der Waals surface area contributed by atoms with Crippen LogP contribution in [0.5, 0.6) is 0 Å². The second kappa shape index (κ2) is 6.33. The maximum atomic E-state index is 12.0. The second-order valence-corrected chi connectivity index (χ2v) is 4.47. The van der Waals surface area contributed by atoms with Gasteiger partial charge in [-0.3, -0.25) is 0 Å². The van der Waals surface area contributed by atoms with E-state index in [4.69, 9.17) is 14.6 Å². The fourth-order valence-electron chi connectivity index (χ4n) is 1.59. The van der Waals surface area contributed by atoms with E-state index in [1.807, 2.05) is 0 Å². The number of hydrogen-bond donors (Lipinski definition) is 4. The van der Waals surface area contributed by atoms with Crippen molar-refractivity contribution < 1.29 is 24.2 Å². The Kier molecular flexibility index (Phi) is 4.51. The maximum absolute atomic E-state index is 12.0. The average molecular weight is 308 g/mol. The van der Waals surface area contributed by atoms with Crippen molar-refractivity contribution in [3.05, 3.63) is 47.9 Å². The standard InChI is InChI=1S/C13H12N2O5S/c16-6-8-2-1-3-9(4-8)14-13(19)15(21)10-5-11(12(17)18)20-7-10/h1-5,7,16,21H,6H2,(H,14,19)(H,17,18). The van der Waals surface area contributed by atoms with Gasteiger partial charge in [-0.05, 0) is 17.7 Å². The molecule has 0 aliphatic carbocycles. The molecule has 0 saturated heterocycles. The lowest BCUT2D eigenvalue weighted by Crippen LogP contribution is -2.26. The number of nitrogens with zero attached hydrogens (tertiary/aromatic N) is 1. The van der Waals surface area contributed by atoms with Gasteiger partial charge in [-0.1, -0.05) is 24.9 Å². The van der Waals surface area contributed by atoms with Crippen LogP contribution in [0.2, 0.25) is 0 Å². The fraction of sp³-hybridized carbons (Fsp3) is 0.0769. The number of aromatic carboxylic acids is 1. The minimum Gasteiger partial charge on any atom is -0.475 e. The summed E-state index contributed by atoms with van der Waals surface area (Å²) in [6.07, 6.45) is 1.11. The lowest BCUT2D eigenvalue weighted by Gasteiger charge is -2.14. The molecule has 0 bridgehead atoms. The van der Waals surface area contributed by atoms with Crippen molar-refractivity contribution in [1.29, 1.82) is 0 Å². The highest BCUT2D eigenvalue weighted by Crippen LogP contribution is 2.21. The lowest BCUT2D eigenvalue weighted by atomic mass is 10.2. The van der Waals surface area contributed by atoms with E-state index in [0.717, 1.165) is 10.6 Å². The molecule has 1 aromatic carbocycles. The molecule has 2 amide bonds. The Morgan fingerprint density at radius 1 is 1.33 bits per heavy atom. The van der Waals surface area contributed by atoms with E-state index < -0.39 is 12.0 Å². The molecule has 7 nitrogen and oxygen atoms in total. The largest absolute Gasteiger partial charge is 0.475 e. The second-order valence-electron chi connectivity index (χ2n) is 4.07. The molecular weight excluding hydrogens is 296 g/mol. The quantitative estimate of drug-likeness (QED) is 0.649. The van der Waals surface area contributed by atoms with Crippen LogP contribution < -0.4 is 9.62 Å². The summed E-state index contributed by atoms with van der Waals surface area (Å²) in [5.41, 5.74) is 1.31. The first kappa shape index (κ1) is 14.9. The van der Waals surface area contributed by atoms with E-state index in [-0.39, 0.29) is 18.1 Å². The van der Waals surface area contributed by atoms with E-state index in [9.17, 15) is 9.59 Å². The first-order chi connectivity index (χ1) is 10.0. The first-order valence-corrected chi connectivity index (χ1v) is 6.23. The van der Waals surface area contributed by atoms with Crippen LogP contribution >= 0.6 is 12.8 Å². The molecule has 0 aliphatic heterocycles. The minimum absolute atomic E-state index is 0.141. The van der Waals surface area contributed by atoms with Gasteiger partial charge in [-0.15, -0.1) is 0 Å². The summed E-state index contributed by atoms with van der Waals surface area (Å²) in [4.78, 5) is 22.7. The number of carbonyl (C=O) groups is 2. The number of aliphatic hydroxyl groups is 1. The molecule has 8 heteroatoms. The Labute approximate surface area is 125 Å². The number of amides is 2. The molecule has 21 heavy (non-hydrogen) atoms. The van der Waals surface area contributed by atoms with Gasteiger partial charge >= 0.3 is 12.0 Å². The molecule has 0 atom stereocenters. The molecule has 2 aromatic rings. The molecule has 0 aliphatic rings. The van der Waals surface area contributed by atoms with Crippen molar-refractivity contribution in [2.75, 3.05) is 9.62 Å². The molecule has 2 rings (SSSR count). The molecule has 1 heterocycles. The van der Waals surface area contributed by atoms with Crippen LogP contribution in [0, 0.1) is 0 Å². The Hall–Kier alpha value is -2.45. The van der Waals surface area contributed by atoms with Gasteiger partial charge in [0, 0.05) is 11.8 Å². The number of carboxylic acids is 1. The van der Waals surface area contributed by atoms with Gasteiger partial charge in [0.1, 0.15) is 6.26 Å². The Morgan fingerprint density at radius 2 is 2.10 bits per heavy atom. The van der Waals surface area contributed by atoms with Crippen molar-refractivity contribution in [3.8, 4) is 0 Å². The normalized spacial score (nSPS) is 10.2. The van der Waals surface area contributed by atoms with Gasteiger partial charge in [-0.2, -0.15) is 0 Å². The molecule has 3 N–H and O–H groups in total. The summed E-state index contributed by atoms with van der Waals surface area (Å²) >= 11 is 3.99. The van der Waals surface area contributed by atoms with Crippen molar-refractivity contribution in [3.63, 3.8) is 0 Å². The fourth-order valence-corrected chi connectivity index (χ4v) is 1.75. The van der Waals surface area contributed by atoms with Crippen molar-refractivity contribution in [2.45, 2.75) is 6.61 Å². The summed E-state index contributed by atoms with van der Waals surface area (Å²) in [5, 5.41) is 20.3. The summed E-state index contributed by atoms with van der Waals surface area (Å²) in [6, 6.07) is 7.24. The SMILES string of the molecule is O=C(O)c1cc(N(S)C(=O)Nc2cccc(CO)c2)co1. The third kappa shape index (κ3) is 3.56. The van der Waals surface area contributed by atoms with E-state index in [0.29, 0.717) is 11.3 Å². The lowest BCUT2D eigenvalue weighted by molar-refractivity contribution is 0.0662. The van der Waals surface area contributed by atoms with Crippen LogP contribution in [0.3, 0.4) is 0 Å². The number of benzene rings is 1. The molecule has 1 aromatic heterocycles. The summed E-state index contributed by atoms with van der Waals surface area (Å²) in [6.45, 7) is -0.141. The Morgan fingerprint density at radius 3 is 2.71 bits per heavy atom. The highest BCUT2D eigenvalue weighted by molar-refractivity contribution is 7.82. The number of rotatable bonds is 4. The number of hydrogen-bond acceptors (Lipinski definition) is 5. The Balaban J connectivity index is 2.09. The number of carbonyl (C=O) groups excluding carboxylic acids is 1. The summed E-state index contributed by atoms with van der Waals surface area (Å²) in [5.74, 6) is -1.53. The molecule has 0 unspecified atom stereocenters. The number of urea groups is 1. The topological polar surface area (TPSA) is 103 Å². The molecular formula is C13H12N2O5S. The number of carboxylic acid groups (broad SMARTS) is 1. The monoisotopic (exact) mass is 308 g/mol. The zero-order valence-electron chi connectivity index (χ0n) is 10.7. The van der Waals surface area contributed by atoms with Gasteiger partial charge in [0.25, 0.3) is 0 Å². The summed E-state index contributed by atoms with van der Waals surface area (Å²) in [7, 11) is 0. The molecule has 0 saturated carbocycles. The third-order valence-electron chi connectivity index (χ3n) is 2.59. The van der Waals surface area contributed by atoms with Crippen molar-refractivity contribution in [2.24, 2.45) is 0 Å². The first-order valence-electron chi connectivity index (χ1n) is 5.83. The van der Waals surface area contributed by atoms with Crippen molar-refractivity contribution in [1.82, 2.24) is 0 Å². The highest BCUT2D eigenvalue weighted by atomic mass is 32.1. The number of aliphatic hydroxyl groups excluding tert-OH is 1. The van der Waals surface area contributed by atoms with Gasteiger partial charge in [0.05, 0.1) is 12.3 Å². The van der Waals surface area contributed by atoms with Crippen LogP contribution in [0.15, 0.2) is 41.0 Å². The van der Waals surface area contributed by atoms with E-state index >= 15 is 0 Å². The number of thiol groups is 1. The molecule has 0 spiro atoms. The summed E-state index contributed by atoms with van der Waals surface area (Å²) < 4.78 is 5.70. The molecule has 0 radical (unpaired) electrons. The molecule has 110 valence electrons. The van der Waals surface area contributed by atoms with Crippen LogP contribution in [0.1, 0.15) is 16.1 Å². The number of nitrogens with one attached hydrogen (secondary N) is 1. The predicted molar refractivity (Wildman–Crippen MR) is 78.5 cm³/mol. The Bertz CT molecular complexity index is 670. The highest BCUT2D eigenvalue weighted by Gasteiger charge is 2.17. The maximum Gasteiger partial charge on any atom is 0.371 e. The minimum atomic E-state index is -1.24. The van der Waals surface area contributed by atoms with Crippen LogP contribution in [0.4, 0.5) is 16.2 Å². The smallest absolute Gasteiger partial charge is 0.371 e. The van der Waals surface area contributed by atoms with Gasteiger partial charge in [-0.25, -0.2) is 13.9 Å². The van der Waals surface area contributed by atoms with Crippen LogP contribution in [-0.4, -0.2) is 22.2 Å². The predicted octanol–water partition coefficient (Wildman–Crippen LogP) is 2.35. The zero-order chi connectivity index (χ0) is 15.4. The van der Waals surface area contributed by atoms with Crippen LogP contribution in [-0.2, 0) is 6.61 Å². The van der Waals surface area contributed by atoms with Crippen molar-refractivity contribution >= 4 is 36.2 Å². The molecule has 0 fully saturated rings. The number of furan rings is 1. The third-order valence-corrected chi connectivity index (χ3v) is 3.01. The van der Waals surface area contributed by atoms with E-state index in [2.05, 4.69) is 18.1 Å². The van der Waals surface area contributed by atoms with Gasteiger partial charge < -0.3 is 19.9 Å². The average Bonchev–Trinajstić information content (AvgIpc) is 2.96. The van der Waals surface area contributed by atoms with Gasteiger partial charge in [0.15, 0.2) is 0 Å². The number of anilines is 2. The van der Waals surface area contributed by atoms with E-state index in [1.165, 1.54) is 6.07 Å².